The van der Waals surface area contributed by atoms with E-state index >= 15 is 0 Å². The maximum Gasteiger partial charge on any atom is 0.256 e. The molecule has 30 heavy (non-hydrogen) atoms. The number of para-hydroxylation sites is 1. The Morgan fingerprint density at radius 1 is 1.07 bits per heavy atom. The van der Waals surface area contributed by atoms with Gasteiger partial charge in [0.05, 0.1) is 26.8 Å². The van der Waals surface area contributed by atoms with Crippen LogP contribution in [0.1, 0.15) is 28.5 Å². The maximum atomic E-state index is 12.8. The molecule has 0 aliphatic carbocycles. The van der Waals surface area contributed by atoms with E-state index in [-0.39, 0.29) is 5.91 Å². The van der Waals surface area contributed by atoms with Crippen molar-refractivity contribution in [3.05, 3.63) is 75.4 Å². The lowest BCUT2D eigenvalue weighted by atomic mass is 10.1. The molecule has 0 aliphatic rings. The zero-order valence-corrected chi connectivity index (χ0v) is 17.9. The molecule has 0 spiro atoms. The SMILES string of the molecule is CCc1ccc(C)nc1NC(=O)c1ccc2[nH]c(Nc3c(Cl)cccc3Cl)nc2c1. The van der Waals surface area contributed by atoms with E-state index < -0.39 is 0 Å². The summed E-state index contributed by atoms with van der Waals surface area (Å²) in [5.41, 5.74) is 4.30. The molecule has 2 heterocycles. The summed E-state index contributed by atoms with van der Waals surface area (Å²) in [6.07, 6.45) is 0.779. The fourth-order valence-corrected chi connectivity index (χ4v) is 3.59. The summed E-state index contributed by atoms with van der Waals surface area (Å²) in [4.78, 5) is 24.9. The second kappa shape index (κ2) is 8.34. The van der Waals surface area contributed by atoms with E-state index in [1.54, 1.807) is 36.4 Å². The number of aryl methyl sites for hydroxylation is 2. The predicted octanol–water partition coefficient (Wildman–Crippen LogP) is 6.13. The summed E-state index contributed by atoms with van der Waals surface area (Å²) < 4.78 is 0. The van der Waals surface area contributed by atoms with Crippen LogP contribution in [0.4, 0.5) is 17.5 Å². The normalized spacial score (nSPS) is 10.9. The van der Waals surface area contributed by atoms with Crippen molar-refractivity contribution in [2.45, 2.75) is 20.3 Å². The monoisotopic (exact) mass is 439 g/mol. The van der Waals surface area contributed by atoms with Crippen molar-refractivity contribution in [3.63, 3.8) is 0 Å². The number of H-pyrrole nitrogens is 1. The first-order valence-corrected chi connectivity index (χ1v) is 10.2. The number of halogens is 2. The van der Waals surface area contributed by atoms with Gasteiger partial charge in [0.2, 0.25) is 5.95 Å². The Kier molecular flexibility index (Phi) is 5.61. The second-order valence-corrected chi connectivity index (χ2v) is 7.62. The van der Waals surface area contributed by atoms with E-state index in [9.17, 15) is 4.79 Å². The van der Waals surface area contributed by atoms with E-state index in [1.807, 2.05) is 26.0 Å². The Labute approximate surface area is 183 Å². The van der Waals surface area contributed by atoms with E-state index in [4.69, 9.17) is 23.2 Å². The smallest absolute Gasteiger partial charge is 0.256 e. The largest absolute Gasteiger partial charge is 0.324 e. The third-order valence-corrected chi connectivity index (χ3v) is 5.31. The zero-order valence-electron chi connectivity index (χ0n) is 16.4. The van der Waals surface area contributed by atoms with Crippen molar-refractivity contribution in [2.75, 3.05) is 10.6 Å². The highest BCUT2D eigenvalue weighted by Gasteiger charge is 2.13. The Hall–Kier alpha value is -3.09. The van der Waals surface area contributed by atoms with Gasteiger partial charge in [0.15, 0.2) is 0 Å². The first-order chi connectivity index (χ1) is 14.4. The number of hydrogen-bond acceptors (Lipinski definition) is 4. The number of aromatic amines is 1. The fourth-order valence-electron chi connectivity index (χ4n) is 3.10. The van der Waals surface area contributed by atoms with Gasteiger partial charge in [-0.15, -0.1) is 0 Å². The van der Waals surface area contributed by atoms with Crippen LogP contribution in [0.25, 0.3) is 11.0 Å². The highest BCUT2D eigenvalue weighted by atomic mass is 35.5. The van der Waals surface area contributed by atoms with Crippen LogP contribution in [0.15, 0.2) is 48.5 Å². The van der Waals surface area contributed by atoms with Crippen LogP contribution >= 0.6 is 23.2 Å². The molecule has 4 aromatic rings. The lowest BCUT2D eigenvalue weighted by molar-refractivity contribution is 0.102. The van der Waals surface area contributed by atoms with Gasteiger partial charge in [-0.3, -0.25) is 4.79 Å². The number of nitrogens with zero attached hydrogens (tertiary/aromatic N) is 2. The molecule has 2 aromatic carbocycles. The highest BCUT2D eigenvalue weighted by Crippen LogP contribution is 2.32. The van der Waals surface area contributed by atoms with Gasteiger partial charge in [-0.05, 0) is 55.3 Å². The number of fused-ring (bicyclic) bond motifs is 1. The van der Waals surface area contributed by atoms with Crippen molar-refractivity contribution in [1.82, 2.24) is 15.0 Å². The van der Waals surface area contributed by atoms with E-state index in [2.05, 4.69) is 25.6 Å². The molecule has 4 rings (SSSR count). The molecule has 0 aliphatic heterocycles. The number of carbonyl (C=O) groups is 1. The van der Waals surface area contributed by atoms with Crippen LogP contribution < -0.4 is 10.6 Å². The number of hydrogen-bond donors (Lipinski definition) is 3. The van der Waals surface area contributed by atoms with Gasteiger partial charge in [-0.2, -0.15) is 0 Å². The third kappa shape index (κ3) is 4.10. The van der Waals surface area contributed by atoms with Crippen LogP contribution in [0.5, 0.6) is 0 Å². The summed E-state index contributed by atoms with van der Waals surface area (Å²) >= 11 is 12.4. The minimum Gasteiger partial charge on any atom is -0.324 e. The van der Waals surface area contributed by atoms with Crippen LogP contribution in [0, 0.1) is 6.92 Å². The number of benzene rings is 2. The van der Waals surface area contributed by atoms with Crippen LogP contribution in [-0.2, 0) is 6.42 Å². The molecule has 0 radical (unpaired) electrons. The van der Waals surface area contributed by atoms with Crippen LogP contribution in [-0.4, -0.2) is 20.9 Å². The molecule has 0 unspecified atom stereocenters. The lowest BCUT2D eigenvalue weighted by Gasteiger charge is -2.09. The quantitative estimate of drug-likeness (QED) is 0.349. The summed E-state index contributed by atoms with van der Waals surface area (Å²) in [5.74, 6) is 0.822. The molecular formula is C22H19Cl2N5O. The van der Waals surface area contributed by atoms with Gasteiger partial charge in [-0.1, -0.05) is 42.3 Å². The van der Waals surface area contributed by atoms with Crippen molar-refractivity contribution in [3.8, 4) is 0 Å². The molecule has 0 saturated carbocycles. The van der Waals surface area contributed by atoms with E-state index in [0.29, 0.717) is 38.6 Å². The standard InChI is InChI=1S/C22H19Cl2N5O/c1-3-13-8-7-12(2)25-20(13)29-21(30)14-9-10-17-18(11-14)27-22(26-17)28-19-15(23)5-4-6-16(19)24/h4-11H,3H2,1-2H3,(H,25,29,30)(H2,26,27,28). The summed E-state index contributed by atoms with van der Waals surface area (Å²) in [6.45, 7) is 3.92. The Morgan fingerprint density at radius 2 is 1.83 bits per heavy atom. The minimum absolute atomic E-state index is 0.239. The molecule has 0 fully saturated rings. The van der Waals surface area contributed by atoms with Gasteiger partial charge in [-0.25, -0.2) is 9.97 Å². The first kappa shape index (κ1) is 20.2. The first-order valence-electron chi connectivity index (χ1n) is 9.43. The molecule has 152 valence electrons. The molecule has 3 N–H and O–H groups in total. The molecule has 0 atom stereocenters. The molecule has 8 heteroatoms. The number of rotatable bonds is 5. The lowest BCUT2D eigenvalue weighted by Crippen LogP contribution is -2.14. The Bertz CT molecular complexity index is 1230. The number of amides is 1. The van der Waals surface area contributed by atoms with Gasteiger partial charge in [0.25, 0.3) is 5.91 Å². The van der Waals surface area contributed by atoms with Crippen molar-refractivity contribution in [1.29, 1.82) is 0 Å². The fraction of sp³-hybridized carbons (Fsp3) is 0.136. The molecular weight excluding hydrogens is 421 g/mol. The van der Waals surface area contributed by atoms with Crippen molar-refractivity contribution in [2.24, 2.45) is 0 Å². The number of nitrogens with one attached hydrogen (secondary N) is 3. The van der Waals surface area contributed by atoms with Gasteiger partial charge in [0.1, 0.15) is 5.82 Å². The maximum absolute atomic E-state index is 12.8. The molecule has 1 amide bonds. The van der Waals surface area contributed by atoms with Crippen LogP contribution in [0.2, 0.25) is 10.0 Å². The number of imidazole rings is 1. The van der Waals surface area contributed by atoms with Gasteiger partial charge < -0.3 is 15.6 Å². The second-order valence-electron chi connectivity index (χ2n) is 6.81. The Morgan fingerprint density at radius 3 is 2.57 bits per heavy atom. The summed E-state index contributed by atoms with van der Waals surface area (Å²) in [7, 11) is 0. The van der Waals surface area contributed by atoms with E-state index in [1.165, 1.54) is 0 Å². The van der Waals surface area contributed by atoms with E-state index in [0.717, 1.165) is 23.2 Å². The average Bonchev–Trinajstić information content (AvgIpc) is 3.13. The molecule has 0 bridgehead atoms. The van der Waals surface area contributed by atoms with Gasteiger partial charge >= 0.3 is 0 Å². The number of carbonyl (C=O) groups excluding carboxylic acids is 1. The number of aromatic nitrogens is 3. The van der Waals surface area contributed by atoms with Crippen molar-refractivity contribution >= 4 is 57.6 Å². The topological polar surface area (TPSA) is 82.7 Å². The third-order valence-electron chi connectivity index (χ3n) is 4.68. The Balaban J connectivity index is 1.59. The highest BCUT2D eigenvalue weighted by molar-refractivity contribution is 6.39. The van der Waals surface area contributed by atoms with Crippen molar-refractivity contribution < 1.29 is 4.79 Å². The molecule has 2 aromatic heterocycles. The van der Waals surface area contributed by atoms with Gasteiger partial charge in [0, 0.05) is 11.3 Å². The predicted molar refractivity (Wildman–Crippen MR) is 122 cm³/mol. The number of pyridine rings is 1. The summed E-state index contributed by atoms with van der Waals surface area (Å²) in [6, 6.07) is 14.4. The molecule has 0 saturated heterocycles. The zero-order chi connectivity index (χ0) is 21.3. The minimum atomic E-state index is -0.239. The number of anilines is 3. The average molecular weight is 440 g/mol. The summed E-state index contributed by atoms with van der Waals surface area (Å²) in [5, 5.41) is 6.98. The van der Waals surface area contributed by atoms with Crippen LogP contribution in [0.3, 0.4) is 0 Å². The molecule has 6 nitrogen and oxygen atoms in total.